The highest BCUT2D eigenvalue weighted by Gasteiger charge is 2.09. The minimum Gasteiger partial charge on any atom is -0.489 e. The first-order valence-electron chi connectivity index (χ1n) is 6.09. The number of hydrogen-bond acceptors (Lipinski definition) is 2. The molecule has 2 rings (SSSR count). The van der Waals surface area contributed by atoms with E-state index < -0.39 is 5.82 Å². The maximum atomic E-state index is 13.4. The molecule has 0 fully saturated rings. The molecule has 0 radical (unpaired) electrons. The third-order valence-corrected chi connectivity index (χ3v) is 3.64. The van der Waals surface area contributed by atoms with Crippen molar-refractivity contribution in [3.8, 4) is 5.75 Å². The van der Waals surface area contributed by atoms with Crippen LogP contribution < -0.4 is 10.5 Å². The van der Waals surface area contributed by atoms with Crippen LogP contribution in [0.2, 0.25) is 5.02 Å². The van der Waals surface area contributed by atoms with Crippen LogP contribution in [0.5, 0.6) is 5.75 Å². The van der Waals surface area contributed by atoms with Gasteiger partial charge in [0.2, 0.25) is 0 Å². The van der Waals surface area contributed by atoms with Crippen molar-refractivity contribution in [3.05, 3.63) is 62.8 Å². The van der Waals surface area contributed by atoms with E-state index in [1.165, 1.54) is 12.1 Å². The summed E-state index contributed by atoms with van der Waals surface area (Å²) >= 11 is 9.04. The lowest BCUT2D eigenvalue weighted by Crippen LogP contribution is -2.08. The first-order valence-corrected chi connectivity index (χ1v) is 7.26. The number of nitrogens with two attached hydrogens (primary N) is 1. The van der Waals surface area contributed by atoms with Crippen LogP contribution in [0.25, 0.3) is 0 Å². The summed E-state index contributed by atoms with van der Waals surface area (Å²) in [6, 6.07) is 10.1. The molecule has 2 N–H and O–H groups in total. The second-order valence-corrected chi connectivity index (χ2v) is 5.83. The number of hydrogen-bond donors (Lipinski definition) is 1. The van der Waals surface area contributed by atoms with Gasteiger partial charge in [-0.3, -0.25) is 0 Å². The van der Waals surface area contributed by atoms with Gasteiger partial charge in [0.05, 0.1) is 5.02 Å². The Morgan fingerprint density at radius 2 is 2.05 bits per heavy atom. The molecule has 2 nitrogen and oxygen atoms in total. The summed E-state index contributed by atoms with van der Waals surface area (Å²) < 4.78 is 20.0. The van der Waals surface area contributed by atoms with Gasteiger partial charge in [0.25, 0.3) is 0 Å². The number of ether oxygens (including phenoxy) is 1. The van der Waals surface area contributed by atoms with Crippen molar-refractivity contribution in [1.29, 1.82) is 0 Å². The molecular formula is C15H14BrClFNO. The first kappa shape index (κ1) is 15.3. The number of benzene rings is 2. The molecule has 0 saturated heterocycles. The third-order valence-electron chi connectivity index (χ3n) is 2.84. The molecule has 0 aromatic heterocycles. The summed E-state index contributed by atoms with van der Waals surface area (Å²) in [5.41, 5.74) is 7.52. The molecule has 0 heterocycles. The highest BCUT2D eigenvalue weighted by molar-refractivity contribution is 9.10. The molecule has 0 aliphatic carbocycles. The van der Waals surface area contributed by atoms with Gasteiger partial charge in [-0.05, 0) is 36.8 Å². The summed E-state index contributed by atoms with van der Waals surface area (Å²) in [6.45, 7) is 2.14. The Morgan fingerprint density at radius 1 is 1.30 bits per heavy atom. The molecule has 5 heteroatoms. The quantitative estimate of drug-likeness (QED) is 0.848. The van der Waals surface area contributed by atoms with Gasteiger partial charge in [-0.25, -0.2) is 4.39 Å². The minimum atomic E-state index is -0.450. The molecule has 0 aliphatic rings. The van der Waals surface area contributed by atoms with Crippen LogP contribution >= 0.6 is 27.5 Å². The Morgan fingerprint density at radius 3 is 2.70 bits per heavy atom. The predicted molar refractivity (Wildman–Crippen MR) is 82.5 cm³/mol. The minimum absolute atomic E-state index is 0.104. The van der Waals surface area contributed by atoms with Crippen molar-refractivity contribution in [1.82, 2.24) is 0 Å². The van der Waals surface area contributed by atoms with Gasteiger partial charge >= 0.3 is 0 Å². The van der Waals surface area contributed by atoms with E-state index in [0.29, 0.717) is 11.3 Å². The average molecular weight is 359 g/mol. The third kappa shape index (κ3) is 3.72. The SMILES string of the molecule is CC(N)c1ccc(Br)cc1OCc1ccc(Cl)c(F)c1. The largest absolute Gasteiger partial charge is 0.489 e. The Hall–Kier alpha value is -1.10. The Kier molecular flexibility index (Phi) is 5.02. The molecule has 0 spiro atoms. The van der Waals surface area contributed by atoms with Crippen LogP contribution in [0, 0.1) is 5.82 Å². The van der Waals surface area contributed by atoms with E-state index in [4.69, 9.17) is 22.1 Å². The zero-order valence-electron chi connectivity index (χ0n) is 10.9. The fraction of sp³-hybridized carbons (Fsp3) is 0.200. The molecule has 1 unspecified atom stereocenters. The molecule has 1 atom stereocenters. The van der Waals surface area contributed by atoms with E-state index in [1.54, 1.807) is 6.07 Å². The van der Waals surface area contributed by atoms with Gasteiger partial charge in [-0.1, -0.05) is 39.7 Å². The van der Waals surface area contributed by atoms with Crippen LogP contribution in [0.15, 0.2) is 40.9 Å². The van der Waals surface area contributed by atoms with Crippen LogP contribution in [-0.4, -0.2) is 0 Å². The van der Waals surface area contributed by atoms with Crippen LogP contribution in [0.1, 0.15) is 24.1 Å². The summed E-state index contributed by atoms with van der Waals surface area (Å²) in [4.78, 5) is 0. The lowest BCUT2D eigenvalue weighted by molar-refractivity contribution is 0.300. The maximum absolute atomic E-state index is 13.4. The molecule has 0 saturated carbocycles. The summed E-state index contributed by atoms with van der Waals surface area (Å²) in [6.07, 6.45) is 0. The highest BCUT2D eigenvalue weighted by atomic mass is 79.9. The van der Waals surface area contributed by atoms with E-state index in [1.807, 2.05) is 25.1 Å². The second-order valence-electron chi connectivity index (χ2n) is 4.51. The Balaban J connectivity index is 2.17. The molecular weight excluding hydrogens is 345 g/mol. The van der Waals surface area contributed by atoms with Crippen molar-refractivity contribution in [2.45, 2.75) is 19.6 Å². The van der Waals surface area contributed by atoms with Gasteiger partial charge in [-0.15, -0.1) is 0 Å². The normalized spacial score (nSPS) is 12.2. The van der Waals surface area contributed by atoms with Crippen LogP contribution in [0.3, 0.4) is 0 Å². The summed E-state index contributed by atoms with van der Waals surface area (Å²) in [5.74, 6) is 0.235. The summed E-state index contributed by atoms with van der Waals surface area (Å²) in [5, 5.41) is 0.104. The first-order chi connectivity index (χ1) is 9.47. The predicted octanol–water partition coefficient (Wildman–Crippen LogP) is 4.84. The van der Waals surface area contributed by atoms with Crippen molar-refractivity contribution < 1.29 is 9.13 Å². The number of rotatable bonds is 4. The zero-order valence-corrected chi connectivity index (χ0v) is 13.2. The Bertz CT molecular complexity index is 619. The fourth-order valence-electron chi connectivity index (χ4n) is 1.80. The molecule has 20 heavy (non-hydrogen) atoms. The molecule has 106 valence electrons. The lowest BCUT2D eigenvalue weighted by Gasteiger charge is -2.14. The molecule has 0 bridgehead atoms. The number of halogens is 3. The van der Waals surface area contributed by atoms with Gasteiger partial charge in [-0.2, -0.15) is 0 Å². The van der Waals surface area contributed by atoms with Crippen molar-refractivity contribution in [2.24, 2.45) is 5.73 Å². The summed E-state index contributed by atoms with van der Waals surface area (Å²) in [7, 11) is 0. The van der Waals surface area contributed by atoms with E-state index >= 15 is 0 Å². The smallest absolute Gasteiger partial charge is 0.142 e. The molecule has 2 aromatic rings. The molecule has 2 aromatic carbocycles. The van der Waals surface area contributed by atoms with E-state index in [2.05, 4.69) is 15.9 Å². The second kappa shape index (κ2) is 6.57. The van der Waals surface area contributed by atoms with Crippen LogP contribution in [-0.2, 0) is 6.61 Å². The lowest BCUT2D eigenvalue weighted by atomic mass is 10.1. The van der Waals surface area contributed by atoms with Crippen LogP contribution in [0.4, 0.5) is 4.39 Å². The maximum Gasteiger partial charge on any atom is 0.142 e. The topological polar surface area (TPSA) is 35.2 Å². The fourth-order valence-corrected chi connectivity index (χ4v) is 2.26. The van der Waals surface area contributed by atoms with Crippen molar-refractivity contribution in [2.75, 3.05) is 0 Å². The average Bonchev–Trinajstić information content (AvgIpc) is 2.40. The molecule has 0 aliphatic heterocycles. The van der Waals surface area contributed by atoms with Crippen molar-refractivity contribution in [3.63, 3.8) is 0 Å². The van der Waals surface area contributed by atoms with E-state index in [9.17, 15) is 4.39 Å². The van der Waals surface area contributed by atoms with Gasteiger partial charge < -0.3 is 10.5 Å². The van der Waals surface area contributed by atoms with E-state index in [0.717, 1.165) is 10.0 Å². The van der Waals surface area contributed by atoms with E-state index in [-0.39, 0.29) is 17.7 Å². The highest BCUT2D eigenvalue weighted by Crippen LogP contribution is 2.28. The van der Waals surface area contributed by atoms with Gasteiger partial charge in [0.15, 0.2) is 0 Å². The zero-order chi connectivity index (χ0) is 14.7. The van der Waals surface area contributed by atoms with Gasteiger partial charge in [0.1, 0.15) is 18.2 Å². The monoisotopic (exact) mass is 357 g/mol. The van der Waals surface area contributed by atoms with Crippen molar-refractivity contribution >= 4 is 27.5 Å². The molecule has 0 amide bonds. The van der Waals surface area contributed by atoms with Gasteiger partial charge in [0, 0.05) is 16.1 Å². The standard InChI is InChI=1S/C15H14BrClFNO/c1-9(19)12-4-3-11(16)7-15(12)20-8-10-2-5-13(17)14(18)6-10/h2-7,9H,8,19H2,1H3. The Labute approximate surface area is 130 Å².